The van der Waals surface area contributed by atoms with Gasteiger partial charge in [-0.15, -0.1) is 0 Å². The van der Waals surface area contributed by atoms with E-state index in [1.165, 1.54) is 0 Å². The van der Waals surface area contributed by atoms with Crippen LogP contribution in [0.25, 0.3) is 0 Å². The van der Waals surface area contributed by atoms with Crippen LogP contribution < -0.4 is 4.43 Å². The van der Waals surface area contributed by atoms with Gasteiger partial charge in [-0.3, -0.25) is 9.59 Å². The van der Waals surface area contributed by atoms with Crippen molar-refractivity contribution in [3.05, 3.63) is 64.7 Å². The first-order valence-corrected chi connectivity index (χ1v) is 11.9. The van der Waals surface area contributed by atoms with Gasteiger partial charge in [-0.1, -0.05) is 77.9 Å². The van der Waals surface area contributed by atoms with E-state index < -0.39 is 8.32 Å². The van der Waals surface area contributed by atoms with E-state index in [0.717, 1.165) is 0 Å². The Balaban J connectivity index is 2.18. The van der Waals surface area contributed by atoms with Gasteiger partial charge in [0.15, 0.2) is 11.6 Å². The number of ketones is 2. The summed E-state index contributed by atoms with van der Waals surface area (Å²) in [5.74, 6) is 0.356. The minimum absolute atomic E-state index is 0.100. The van der Waals surface area contributed by atoms with Gasteiger partial charge in [0.05, 0.1) is 5.56 Å². The van der Waals surface area contributed by atoms with E-state index in [2.05, 4.69) is 41.5 Å². The highest BCUT2D eigenvalue weighted by Crippen LogP contribution is 2.44. The summed E-state index contributed by atoms with van der Waals surface area (Å²) < 4.78 is 6.78. The third-order valence-corrected chi connectivity index (χ3v) is 11.9. The van der Waals surface area contributed by atoms with Gasteiger partial charge in [0.2, 0.25) is 0 Å². The van der Waals surface area contributed by atoms with Crippen LogP contribution in [0.5, 0.6) is 5.75 Å². The quantitative estimate of drug-likeness (QED) is 0.509. The molecule has 3 rings (SSSR count). The summed E-state index contributed by atoms with van der Waals surface area (Å²) in [6.45, 7) is 13.3. The van der Waals surface area contributed by atoms with E-state index in [9.17, 15) is 9.59 Å². The van der Waals surface area contributed by atoms with Crippen LogP contribution in [0.4, 0.5) is 0 Å². The molecular formula is C23H28O3Si. The van der Waals surface area contributed by atoms with E-state index >= 15 is 0 Å². The van der Waals surface area contributed by atoms with Crippen molar-refractivity contribution < 1.29 is 14.0 Å². The smallest absolute Gasteiger partial charge is 0.258 e. The first-order chi connectivity index (χ1) is 12.7. The number of benzene rings is 2. The van der Waals surface area contributed by atoms with E-state index in [0.29, 0.717) is 44.6 Å². The third kappa shape index (κ3) is 2.96. The standard InChI is InChI=1S/C23H28O3Si/c1-14(2)27(15(3)4,16(5)6)26-20-13-9-12-19-21(20)23(25)18-11-8-7-10-17(18)22(19)24/h7-16H,1-6H3. The van der Waals surface area contributed by atoms with E-state index in [1.807, 2.05) is 12.1 Å². The molecule has 0 spiro atoms. The predicted octanol–water partition coefficient (Wildman–Crippen LogP) is 6.02. The van der Waals surface area contributed by atoms with E-state index in [-0.39, 0.29) is 11.6 Å². The molecule has 142 valence electrons. The largest absolute Gasteiger partial charge is 0.542 e. The lowest BCUT2D eigenvalue weighted by molar-refractivity contribution is 0.0977. The van der Waals surface area contributed by atoms with E-state index in [4.69, 9.17) is 4.43 Å². The van der Waals surface area contributed by atoms with Crippen molar-refractivity contribution in [3.8, 4) is 5.75 Å². The molecule has 27 heavy (non-hydrogen) atoms. The first kappa shape index (κ1) is 19.6. The zero-order valence-corrected chi connectivity index (χ0v) is 18.0. The molecule has 0 N–H and O–H groups in total. The Morgan fingerprint density at radius 3 is 1.67 bits per heavy atom. The van der Waals surface area contributed by atoms with Crippen molar-refractivity contribution >= 4 is 19.9 Å². The average Bonchev–Trinajstić information content (AvgIpc) is 2.63. The molecule has 0 atom stereocenters. The Hall–Kier alpha value is -2.20. The summed E-state index contributed by atoms with van der Waals surface area (Å²) in [5.41, 5.74) is 2.99. The fourth-order valence-electron chi connectivity index (χ4n) is 4.74. The fourth-order valence-corrected chi connectivity index (χ4v) is 10.0. The molecule has 4 heteroatoms. The number of carbonyl (C=O) groups excluding carboxylic acids is 2. The molecule has 0 saturated heterocycles. The van der Waals surface area contributed by atoms with Crippen LogP contribution in [0.15, 0.2) is 42.5 Å². The SMILES string of the molecule is CC(C)[Si](Oc1cccc2c1C(=O)c1ccccc1C2=O)(C(C)C)C(C)C. The molecule has 0 heterocycles. The van der Waals surface area contributed by atoms with Crippen molar-refractivity contribution in [1.29, 1.82) is 0 Å². The number of hydrogen-bond acceptors (Lipinski definition) is 3. The molecule has 0 aromatic heterocycles. The molecule has 0 unspecified atom stereocenters. The highest BCUT2D eigenvalue weighted by atomic mass is 28.4. The van der Waals surface area contributed by atoms with Crippen LogP contribution in [0, 0.1) is 0 Å². The zero-order valence-electron chi connectivity index (χ0n) is 17.0. The maximum Gasteiger partial charge on any atom is 0.258 e. The van der Waals surface area contributed by atoms with Gasteiger partial charge >= 0.3 is 0 Å². The lowest BCUT2D eigenvalue weighted by atomic mass is 9.84. The molecule has 0 aliphatic heterocycles. The average molecular weight is 381 g/mol. The second-order valence-electron chi connectivity index (χ2n) is 8.30. The fraction of sp³-hybridized carbons (Fsp3) is 0.391. The second-order valence-corrected chi connectivity index (χ2v) is 13.7. The Morgan fingerprint density at radius 1 is 0.667 bits per heavy atom. The van der Waals surface area contributed by atoms with Crippen molar-refractivity contribution in [2.45, 2.75) is 58.2 Å². The molecule has 0 saturated carbocycles. The number of rotatable bonds is 5. The van der Waals surface area contributed by atoms with Gasteiger partial charge in [0.25, 0.3) is 8.32 Å². The van der Waals surface area contributed by atoms with Crippen LogP contribution >= 0.6 is 0 Å². The lowest BCUT2D eigenvalue weighted by Gasteiger charge is -2.42. The zero-order chi connectivity index (χ0) is 19.9. The van der Waals surface area contributed by atoms with Crippen molar-refractivity contribution in [3.63, 3.8) is 0 Å². The minimum atomic E-state index is -2.23. The minimum Gasteiger partial charge on any atom is -0.542 e. The van der Waals surface area contributed by atoms with Gasteiger partial charge in [0, 0.05) is 16.7 Å². The Bertz CT molecular complexity index is 874. The van der Waals surface area contributed by atoms with Crippen LogP contribution in [-0.4, -0.2) is 19.9 Å². The third-order valence-electron chi connectivity index (χ3n) is 5.91. The molecule has 1 aliphatic carbocycles. The highest BCUT2D eigenvalue weighted by Gasteiger charge is 2.48. The predicted molar refractivity (Wildman–Crippen MR) is 111 cm³/mol. The molecule has 0 bridgehead atoms. The molecule has 2 aromatic carbocycles. The van der Waals surface area contributed by atoms with Crippen LogP contribution in [0.1, 0.15) is 73.4 Å². The van der Waals surface area contributed by atoms with Crippen LogP contribution in [0.2, 0.25) is 16.6 Å². The molecule has 3 nitrogen and oxygen atoms in total. The van der Waals surface area contributed by atoms with Gasteiger partial charge < -0.3 is 4.43 Å². The van der Waals surface area contributed by atoms with Gasteiger partial charge in [-0.2, -0.15) is 0 Å². The molecule has 0 fully saturated rings. The second kappa shape index (κ2) is 7.08. The highest BCUT2D eigenvalue weighted by molar-refractivity contribution is 6.78. The van der Waals surface area contributed by atoms with Crippen LogP contribution in [-0.2, 0) is 0 Å². The molecule has 0 radical (unpaired) electrons. The summed E-state index contributed by atoms with van der Waals surface area (Å²) >= 11 is 0. The molecule has 1 aliphatic rings. The van der Waals surface area contributed by atoms with Crippen molar-refractivity contribution in [2.24, 2.45) is 0 Å². The molecule has 0 amide bonds. The maximum atomic E-state index is 13.3. The topological polar surface area (TPSA) is 43.4 Å². The molecular weight excluding hydrogens is 352 g/mol. The van der Waals surface area contributed by atoms with Gasteiger partial charge in [-0.05, 0) is 22.7 Å². The monoisotopic (exact) mass is 380 g/mol. The lowest BCUT2D eigenvalue weighted by Crippen LogP contribution is -2.51. The Labute approximate surface area is 162 Å². The summed E-state index contributed by atoms with van der Waals surface area (Å²) in [6, 6.07) is 12.5. The summed E-state index contributed by atoms with van der Waals surface area (Å²) in [5, 5.41) is 0. The summed E-state index contributed by atoms with van der Waals surface area (Å²) in [4.78, 5) is 26.2. The van der Waals surface area contributed by atoms with E-state index in [1.54, 1.807) is 30.3 Å². The Kier molecular flexibility index (Phi) is 5.13. The first-order valence-electron chi connectivity index (χ1n) is 9.72. The van der Waals surface area contributed by atoms with Crippen molar-refractivity contribution in [1.82, 2.24) is 0 Å². The summed E-state index contributed by atoms with van der Waals surface area (Å²) in [7, 11) is -2.23. The van der Waals surface area contributed by atoms with Crippen LogP contribution in [0.3, 0.4) is 0 Å². The Morgan fingerprint density at radius 2 is 1.15 bits per heavy atom. The van der Waals surface area contributed by atoms with Gasteiger partial charge in [-0.25, -0.2) is 0 Å². The van der Waals surface area contributed by atoms with Gasteiger partial charge in [0.1, 0.15) is 5.75 Å². The normalized spacial score (nSPS) is 14.0. The van der Waals surface area contributed by atoms with Crippen molar-refractivity contribution in [2.75, 3.05) is 0 Å². The summed E-state index contributed by atoms with van der Waals surface area (Å²) in [6.07, 6.45) is 0. The number of hydrogen-bond donors (Lipinski definition) is 0. The number of fused-ring (bicyclic) bond motifs is 2. The number of carbonyl (C=O) groups is 2. The molecule has 2 aromatic rings. The maximum absolute atomic E-state index is 13.3.